The molecule has 2 aliphatic heterocycles. The minimum Gasteiger partial charge on any atom is -0.383 e. The third kappa shape index (κ3) is 5.32. The van der Waals surface area contributed by atoms with Crippen LogP contribution < -0.4 is 5.73 Å². The van der Waals surface area contributed by atoms with Gasteiger partial charge in [0, 0.05) is 24.8 Å². The molecule has 3 fully saturated rings. The van der Waals surface area contributed by atoms with Crippen molar-refractivity contribution in [2.24, 2.45) is 34.8 Å². The quantitative estimate of drug-likeness (QED) is 0.695. The van der Waals surface area contributed by atoms with Crippen molar-refractivity contribution >= 4 is 17.6 Å². The van der Waals surface area contributed by atoms with E-state index in [2.05, 4.69) is 13.8 Å². The highest BCUT2D eigenvalue weighted by Gasteiger charge is 2.69. The van der Waals surface area contributed by atoms with Crippen molar-refractivity contribution in [3.05, 3.63) is 0 Å². The van der Waals surface area contributed by atoms with E-state index in [0.29, 0.717) is 18.9 Å². The Morgan fingerprint density at radius 2 is 1.58 bits per heavy atom. The van der Waals surface area contributed by atoms with Crippen LogP contribution in [0.5, 0.6) is 0 Å². The first-order chi connectivity index (χ1) is 14.7. The molecule has 1 unspecified atom stereocenters. The van der Waals surface area contributed by atoms with Gasteiger partial charge in [0.1, 0.15) is 6.10 Å². The number of primary amides is 1. The second-order valence-electron chi connectivity index (χ2n) is 11.0. The molecule has 0 radical (unpaired) electrons. The van der Waals surface area contributed by atoms with Crippen LogP contribution in [0.1, 0.15) is 91.4 Å². The molecule has 0 aromatic heterocycles. The number of fused-ring (bicyclic) bond motifs is 3. The zero-order valence-corrected chi connectivity index (χ0v) is 19.6. The van der Waals surface area contributed by atoms with Gasteiger partial charge in [0.05, 0.1) is 6.04 Å². The summed E-state index contributed by atoms with van der Waals surface area (Å²) in [6.07, 6.45) is 9.17. The number of carbonyl (C=O) groups is 3. The van der Waals surface area contributed by atoms with Crippen LogP contribution in [0.2, 0.25) is 0 Å². The molecule has 1 aliphatic carbocycles. The van der Waals surface area contributed by atoms with Crippen LogP contribution in [0.25, 0.3) is 0 Å². The minimum absolute atomic E-state index is 0.00626. The molecule has 0 aromatic carbocycles. The lowest BCUT2D eigenvalue weighted by molar-refractivity contribution is -0.143. The number of ketones is 1. The van der Waals surface area contributed by atoms with Gasteiger partial charge in [0.25, 0.3) is 0 Å². The summed E-state index contributed by atoms with van der Waals surface area (Å²) in [5.41, 5.74) is 5.46. The summed E-state index contributed by atoms with van der Waals surface area (Å²) in [6.45, 7) is 7.01. The van der Waals surface area contributed by atoms with E-state index in [1.165, 1.54) is 19.3 Å². The van der Waals surface area contributed by atoms with Crippen molar-refractivity contribution in [1.82, 2.24) is 4.90 Å². The highest BCUT2D eigenvalue weighted by atomic mass is 16.3. The highest BCUT2D eigenvalue weighted by Crippen LogP contribution is 2.65. The number of hydrogen-bond acceptors (Lipinski definition) is 4. The number of amides is 2. The normalized spacial score (nSPS) is 36.3. The van der Waals surface area contributed by atoms with Gasteiger partial charge in [-0.1, -0.05) is 72.1 Å². The highest BCUT2D eigenvalue weighted by molar-refractivity contribution is 5.92. The van der Waals surface area contributed by atoms with Gasteiger partial charge in [0.15, 0.2) is 5.78 Å². The Morgan fingerprint density at radius 1 is 1.03 bits per heavy atom. The average Bonchev–Trinajstić information content (AvgIpc) is 3.05. The Hall–Kier alpha value is -1.43. The molecule has 2 amide bonds. The number of rotatable bonds is 2. The molecule has 3 N–H and O–H groups in total. The van der Waals surface area contributed by atoms with Gasteiger partial charge < -0.3 is 15.7 Å². The molecule has 31 heavy (non-hydrogen) atoms. The van der Waals surface area contributed by atoms with Crippen molar-refractivity contribution in [3.8, 4) is 0 Å². The third-order valence-corrected chi connectivity index (χ3v) is 8.41. The van der Waals surface area contributed by atoms with Gasteiger partial charge in [-0.25, -0.2) is 0 Å². The van der Waals surface area contributed by atoms with Gasteiger partial charge in [-0.3, -0.25) is 14.4 Å². The molecular weight excluding hydrogens is 392 g/mol. The van der Waals surface area contributed by atoms with Crippen molar-refractivity contribution in [2.45, 2.75) is 104 Å². The third-order valence-electron chi connectivity index (χ3n) is 8.41. The molecule has 176 valence electrons. The number of piperidine rings is 1. The van der Waals surface area contributed by atoms with E-state index in [-0.39, 0.29) is 35.4 Å². The van der Waals surface area contributed by atoms with Crippen LogP contribution in [0, 0.1) is 29.1 Å². The fourth-order valence-electron chi connectivity index (χ4n) is 6.19. The van der Waals surface area contributed by atoms with Crippen LogP contribution >= 0.6 is 0 Å². The Bertz CT molecular complexity index is 676. The molecule has 2 heterocycles. The number of aliphatic hydroxyl groups excluding tert-OH is 1. The van der Waals surface area contributed by atoms with Gasteiger partial charge in [-0.15, -0.1) is 0 Å². The molecular formula is C25H42N2O4. The van der Waals surface area contributed by atoms with E-state index in [4.69, 9.17) is 5.73 Å². The lowest BCUT2D eigenvalue weighted by Gasteiger charge is -2.33. The monoisotopic (exact) mass is 434 g/mol. The summed E-state index contributed by atoms with van der Waals surface area (Å²) in [6, 6.07) is -0.423. The fourth-order valence-corrected chi connectivity index (χ4v) is 6.19. The van der Waals surface area contributed by atoms with E-state index >= 15 is 0 Å². The number of nitrogens with zero attached hydrogens (tertiary/aromatic N) is 1. The van der Waals surface area contributed by atoms with Crippen LogP contribution in [0.4, 0.5) is 0 Å². The second-order valence-corrected chi connectivity index (χ2v) is 11.0. The first-order valence-electron chi connectivity index (χ1n) is 12.5. The maximum atomic E-state index is 13.5. The molecule has 2 saturated heterocycles. The average molecular weight is 435 g/mol. The largest absolute Gasteiger partial charge is 0.383 e. The van der Waals surface area contributed by atoms with Crippen molar-refractivity contribution in [1.29, 1.82) is 0 Å². The first kappa shape index (κ1) is 24.2. The Labute approximate surface area is 187 Å². The SMILES string of the molecule is C[C@H]1CCCCCCCCCC[C@@H](C(O)C(N)=O)CC(=O)[C@@H]2[C@@H]3[C@H](CN2C1=O)C3(C)C. The number of Topliss-reactive ketones (excluding diaryl/α,β-unsaturated/α-hetero) is 1. The molecule has 0 spiro atoms. The number of hydrogen-bond donors (Lipinski definition) is 2. The zero-order valence-electron chi connectivity index (χ0n) is 19.6. The van der Waals surface area contributed by atoms with Gasteiger partial charge in [-0.05, 0) is 30.1 Å². The number of aliphatic hydroxyl groups is 1. The van der Waals surface area contributed by atoms with Crippen molar-refractivity contribution < 1.29 is 19.5 Å². The second kappa shape index (κ2) is 10.0. The summed E-state index contributed by atoms with van der Waals surface area (Å²) < 4.78 is 0. The molecule has 3 rings (SSSR count). The predicted molar refractivity (Wildman–Crippen MR) is 120 cm³/mol. The van der Waals surface area contributed by atoms with Gasteiger partial charge >= 0.3 is 0 Å². The molecule has 1 saturated carbocycles. The lowest BCUT2D eigenvalue weighted by Crippen LogP contribution is -2.48. The fraction of sp³-hybridized carbons (Fsp3) is 0.880. The molecule has 0 bridgehead atoms. The smallest absolute Gasteiger partial charge is 0.246 e. The molecule has 6 heteroatoms. The van der Waals surface area contributed by atoms with E-state index in [9.17, 15) is 19.5 Å². The predicted octanol–water partition coefficient (Wildman–Crippen LogP) is 3.44. The molecule has 3 aliphatic rings. The van der Waals surface area contributed by atoms with E-state index < -0.39 is 24.0 Å². The molecule has 6 nitrogen and oxygen atoms in total. The first-order valence-corrected chi connectivity index (χ1v) is 12.5. The molecule has 6 atom stereocenters. The zero-order chi connectivity index (χ0) is 22.8. The lowest BCUT2D eigenvalue weighted by atomic mass is 9.86. The Morgan fingerprint density at radius 3 is 2.16 bits per heavy atom. The van der Waals surface area contributed by atoms with Crippen LogP contribution in [-0.2, 0) is 14.4 Å². The van der Waals surface area contributed by atoms with Crippen molar-refractivity contribution in [2.75, 3.05) is 6.54 Å². The van der Waals surface area contributed by atoms with Crippen molar-refractivity contribution in [3.63, 3.8) is 0 Å². The standard InChI is InChI=1S/C25H42N2O4/c1-16-12-10-8-6-4-5-7-9-11-13-17(22(29)23(26)30)14-19(28)21-20-18(25(20,2)3)15-27(21)24(16)31/h16-18,20-22,29H,4-15H2,1-3H3,(H2,26,30)/t16-,17+,18-,20-,21+,22?/m0/s1. The van der Waals surface area contributed by atoms with Crippen LogP contribution in [0.3, 0.4) is 0 Å². The summed E-state index contributed by atoms with van der Waals surface area (Å²) in [4.78, 5) is 40.3. The topological polar surface area (TPSA) is 101 Å². The van der Waals surface area contributed by atoms with Crippen LogP contribution in [-0.4, -0.2) is 46.3 Å². The summed E-state index contributed by atoms with van der Waals surface area (Å²) in [7, 11) is 0. The maximum Gasteiger partial charge on any atom is 0.246 e. The minimum atomic E-state index is -1.31. The Kier molecular flexibility index (Phi) is 7.82. The van der Waals surface area contributed by atoms with E-state index in [1.54, 1.807) is 0 Å². The Balaban J connectivity index is 1.79. The summed E-state index contributed by atoms with van der Waals surface area (Å²) in [5.74, 6) is -0.658. The number of nitrogens with two attached hydrogens (primary N) is 1. The van der Waals surface area contributed by atoms with E-state index in [0.717, 1.165) is 38.5 Å². The number of carbonyl (C=O) groups excluding carboxylic acids is 3. The molecule has 0 aromatic rings. The van der Waals surface area contributed by atoms with Crippen LogP contribution in [0.15, 0.2) is 0 Å². The van der Waals surface area contributed by atoms with Gasteiger partial charge in [0.2, 0.25) is 11.8 Å². The maximum absolute atomic E-state index is 13.5. The van der Waals surface area contributed by atoms with Gasteiger partial charge in [-0.2, -0.15) is 0 Å². The summed E-state index contributed by atoms with van der Waals surface area (Å²) in [5, 5.41) is 10.4. The van der Waals surface area contributed by atoms with E-state index in [1.807, 2.05) is 11.8 Å². The summed E-state index contributed by atoms with van der Waals surface area (Å²) >= 11 is 0.